The van der Waals surface area contributed by atoms with E-state index in [1.165, 1.54) is 18.5 Å². The van der Waals surface area contributed by atoms with Crippen molar-refractivity contribution in [3.05, 3.63) is 51.8 Å². The SMILES string of the molecule is CCCc1c(-c2cc(F)ccc2C)nc[nH]c1=O. The molecule has 18 heavy (non-hydrogen) atoms. The summed E-state index contributed by atoms with van der Waals surface area (Å²) < 4.78 is 13.3. The number of benzene rings is 1. The number of nitrogens with zero attached hydrogens (tertiary/aromatic N) is 1. The first-order chi connectivity index (χ1) is 8.63. The number of aromatic nitrogens is 2. The van der Waals surface area contributed by atoms with Crippen LogP contribution in [0.25, 0.3) is 11.3 Å². The Morgan fingerprint density at radius 1 is 1.39 bits per heavy atom. The minimum absolute atomic E-state index is 0.148. The molecule has 3 nitrogen and oxygen atoms in total. The normalized spacial score (nSPS) is 10.6. The van der Waals surface area contributed by atoms with Crippen LogP contribution < -0.4 is 5.56 Å². The third kappa shape index (κ3) is 2.32. The summed E-state index contributed by atoms with van der Waals surface area (Å²) in [5, 5.41) is 0. The predicted molar refractivity (Wildman–Crippen MR) is 69.0 cm³/mol. The molecule has 0 amide bonds. The number of hydrogen-bond donors (Lipinski definition) is 1. The summed E-state index contributed by atoms with van der Waals surface area (Å²) in [7, 11) is 0. The Kier molecular flexibility index (Phi) is 3.55. The molecule has 0 saturated heterocycles. The highest BCUT2D eigenvalue weighted by molar-refractivity contribution is 5.66. The Hall–Kier alpha value is -1.97. The van der Waals surface area contributed by atoms with Gasteiger partial charge < -0.3 is 4.98 Å². The van der Waals surface area contributed by atoms with Gasteiger partial charge in [0.2, 0.25) is 0 Å². The Morgan fingerprint density at radius 3 is 2.89 bits per heavy atom. The molecule has 0 atom stereocenters. The summed E-state index contributed by atoms with van der Waals surface area (Å²) in [6.07, 6.45) is 2.84. The molecule has 1 aromatic carbocycles. The fourth-order valence-corrected chi connectivity index (χ4v) is 1.99. The van der Waals surface area contributed by atoms with Gasteiger partial charge in [-0.1, -0.05) is 19.4 Å². The molecule has 1 aromatic heterocycles. The molecule has 0 aliphatic rings. The molecule has 2 rings (SSSR count). The van der Waals surface area contributed by atoms with E-state index in [-0.39, 0.29) is 11.4 Å². The minimum Gasteiger partial charge on any atom is -0.313 e. The van der Waals surface area contributed by atoms with Crippen LogP contribution in [0.1, 0.15) is 24.5 Å². The highest BCUT2D eigenvalue weighted by atomic mass is 19.1. The number of nitrogens with one attached hydrogen (secondary N) is 1. The van der Waals surface area contributed by atoms with Crippen LogP contribution in [0.5, 0.6) is 0 Å². The van der Waals surface area contributed by atoms with Gasteiger partial charge in [-0.2, -0.15) is 0 Å². The van der Waals surface area contributed by atoms with E-state index < -0.39 is 0 Å². The summed E-state index contributed by atoms with van der Waals surface area (Å²) in [4.78, 5) is 18.6. The van der Waals surface area contributed by atoms with Crippen molar-refractivity contribution >= 4 is 0 Å². The van der Waals surface area contributed by atoms with E-state index in [1.54, 1.807) is 6.07 Å². The molecule has 94 valence electrons. The lowest BCUT2D eigenvalue weighted by Gasteiger charge is -2.09. The Morgan fingerprint density at radius 2 is 2.17 bits per heavy atom. The van der Waals surface area contributed by atoms with Crippen molar-refractivity contribution < 1.29 is 4.39 Å². The molecule has 4 heteroatoms. The second-order valence-corrected chi connectivity index (χ2v) is 4.27. The molecule has 0 unspecified atom stereocenters. The Labute approximate surface area is 105 Å². The van der Waals surface area contributed by atoms with Gasteiger partial charge in [-0.25, -0.2) is 9.37 Å². The average Bonchev–Trinajstić information content (AvgIpc) is 2.35. The van der Waals surface area contributed by atoms with E-state index in [1.807, 2.05) is 13.8 Å². The summed E-state index contributed by atoms with van der Waals surface area (Å²) in [6, 6.07) is 4.53. The topological polar surface area (TPSA) is 45.8 Å². The second kappa shape index (κ2) is 5.12. The van der Waals surface area contributed by atoms with Gasteiger partial charge in [-0.05, 0) is 31.0 Å². The summed E-state index contributed by atoms with van der Waals surface area (Å²) in [6.45, 7) is 3.88. The standard InChI is InChI=1S/C14H15FN2O/c1-3-4-11-13(16-8-17-14(11)18)12-7-10(15)6-5-9(12)2/h5-8H,3-4H2,1-2H3,(H,16,17,18). The zero-order valence-electron chi connectivity index (χ0n) is 10.5. The van der Waals surface area contributed by atoms with Gasteiger partial charge in [-0.3, -0.25) is 4.79 Å². The second-order valence-electron chi connectivity index (χ2n) is 4.27. The molecule has 2 aromatic rings. The van der Waals surface area contributed by atoms with Crippen LogP contribution >= 0.6 is 0 Å². The number of aromatic amines is 1. The third-order valence-electron chi connectivity index (χ3n) is 2.90. The molecule has 1 heterocycles. The van der Waals surface area contributed by atoms with Crippen LogP contribution in [-0.4, -0.2) is 9.97 Å². The van der Waals surface area contributed by atoms with E-state index in [2.05, 4.69) is 9.97 Å². The fraction of sp³-hybridized carbons (Fsp3) is 0.286. The van der Waals surface area contributed by atoms with Crippen molar-refractivity contribution in [3.63, 3.8) is 0 Å². The third-order valence-corrected chi connectivity index (χ3v) is 2.90. The van der Waals surface area contributed by atoms with Crippen molar-refractivity contribution in [1.82, 2.24) is 9.97 Å². The van der Waals surface area contributed by atoms with E-state index in [4.69, 9.17) is 0 Å². The van der Waals surface area contributed by atoms with Crippen LogP contribution in [0.15, 0.2) is 29.3 Å². The van der Waals surface area contributed by atoms with Gasteiger partial charge in [-0.15, -0.1) is 0 Å². The predicted octanol–water partition coefficient (Wildman–Crippen LogP) is 2.84. The number of rotatable bonds is 3. The summed E-state index contributed by atoms with van der Waals surface area (Å²) in [5.74, 6) is -0.319. The van der Waals surface area contributed by atoms with Crippen molar-refractivity contribution in [2.75, 3.05) is 0 Å². The van der Waals surface area contributed by atoms with E-state index in [0.29, 0.717) is 23.2 Å². The molecular weight excluding hydrogens is 231 g/mol. The first-order valence-corrected chi connectivity index (χ1v) is 5.96. The smallest absolute Gasteiger partial charge is 0.254 e. The van der Waals surface area contributed by atoms with Crippen LogP contribution in [0.4, 0.5) is 4.39 Å². The number of aryl methyl sites for hydroxylation is 1. The maximum Gasteiger partial charge on any atom is 0.254 e. The largest absolute Gasteiger partial charge is 0.313 e. The van der Waals surface area contributed by atoms with Crippen LogP contribution in [-0.2, 0) is 6.42 Å². The van der Waals surface area contributed by atoms with Gasteiger partial charge in [0.25, 0.3) is 5.56 Å². The van der Waals surface area contributed by atoms with Crippen LogP contribution in [0, 0.1) is 12.7 Å². The Bertz CT molecular complexity index is 619. The molecule has 0 spiro atoms. The van der Waals surface area contributed by atoms with E-state index >= 15 is 0 Å². The molecule has 0 bridgehead atoms. The summed E-state index contributed by atoms with van der Waals surface area (Å²) >= 11 is 0. The molecule has 0 saturated carbocycles. The van der Waals surface area contributed by atoms with Crippen molar-refractivity contribution in [3.8, 4) is 11.3 Å². The lowest BCUT2D eigenvalue weighted by molar-refractivity contribution is 0.628. The van der Waals surface area contributed by atoms with Gasteiger partial charge >= 0.3 is 0 Å². The first-order valence-electron chi connectivity index (χ1n) is 5.96. The molecular formula is C14H15FN2O. The first kappa shape index (κ1) is 12.5. The van der Waals surface area contributed by atoms with Gasteiger partial charge in [0.15, 0.2) is 0 Å². The fourth-order valence-electron chi connectivity index (χ4n) is 1.99. The van der Waals surface area contributed by atoms with Gasteiger partial charge in [0.05, 0.1) is 12.0 Å². The zero-order chi connectivity index (χ0) is 13.1. The van der Waals surface area contributed by atoms with Crippen molar-refractivity contribution in [2.45, 2.75) is 26.7 Å². The lowest BCUT2D eigenvalue weighted by Crippen LogP contribution is -2.15. The quantitative estimate of drug-likeness (QED) is 0.905. The molecule has 1 N–H and O–H groups in total. The van der Waals surface area contributed by atoms with Gasteiger partial charge in [0.1, 0.15) is 5.82 Å². The van der Waals surface area contributed by atoms with Gasteiger partial charge in [0, 0.05) is 11.1 Å². The number of hydrogen-bond acceptors (Lipinski definition) is 2. The highest BCUT2D eigenvalue weighted by Gasteiger charge is 2.12. The number of halogens is 1. The monoisotopic (exact) mass is 246 g/mol. The van der Waals surface area contributed by atoms with Crippen molar-refractivity contribution in [2.24, 2.45) is 0 Å². The van der Waals surface area contributed by atoms with E-state index in [9.17, 15) is 9.18 Å². The Balaban J connectivity index is 2.67. The maximum atomic E-state index is 13.3. The maximum absolute atomic E-state index is 13.3. The lowest BCUT2D eigenvalue weighted by atomic mass is 9.99. The average molecular weight is 246 g/mol. The molecule has 0 radical (unpaired) electrons. The molecule has 0 fully saturated rings. The van der Waals surface area contributed by atoms with E-state index in [0.717, 1.165) is 12.0 Å². The highest BCUT2D eigenvalue weighted by Crippen LogP contribution is 2.24. The summed E-state index contributed by atoms with van der Waals surface area (Å²) in [5.41, 5.74) is 2.65. The van der Waals surface area contributed by atoms with Crippen LogP contribution in [0.3, 0.4) is 0 Å². The number of H-pyrrole nitrogens is 1. The van der Waals surface area contributed by atoms with Crippen LogP contribution in [0.2, 0.25) is 0 Å². The zero-order valence-corrected chi connectivity index (χ0v) is 10.5. The minimum atomic E-state index is -0.319. The molecule has 0 aliphatic carbocycles. The van der Waals surface area contributed by atoms with Crippen molar-refractivity contribution in [1.29, 1.82) is 0 Å². The molecule has 0 aliphatic heterocycles.